The summed E-state index contributed by atoms with van der Waals surface area (Å²) in [6, 6.07) is 14.2. The Labute approximate surface area is 175 Å². The van der Waals surface area contributed by atoms with Crippen LogP contribution in [0.5, 0.6) is 0 Å². The van der Waals surface area contributed by atoms with E-state index in [9.17, 15) is 14.7 Å². The molecule has 1 unspecified atom stereocenters. The third-order valence-electron chi connectivity index (χ3n) is 5.51. The molecule has 2 N–H and O–H groups in total. The molecular weight excluding hydrogens is 388 g/mol. The quantitative estimate of drug-likeness (QED) is 0.615. The number of aliphatic hydroxyl groups excluding tert-OH is 1. The van der Waals surface area contributed by atoms with Crippen molar-refractivity contribution in [3.05, 3.63) is 82.4 Å². The molecule has 2 aromatic carbocycles. The number of halogens is 1. The molecule has 152 valence electrons. The van der Waals surface area contributed by atoms with E-state index in [1.807, 2.05) is 36.4 Å². The minimum atomic E-state index is -0.941. The minimum absolute atomic E-state index is 0.0521. The molecule has 2 aromatic rings. The molecule has 0 bridgehead atoms. The van der Waals surface area contributed by atoms with Gasteiger partial charge in [0.05, 0.1) is 11.7 Å². The van der Waals surface area contributed by atoms with E-state index in [1.165, 1.54) is 0 Å². The van der Waals surface area contributed by atoms with Crippen molar-refractivity contribution >= 4 is 23.4 Å². The number of carbonyl (C=O) groups excluding carboxylic acids is 1. The van der Waals surface area contributed by atoms with Gasteiger partial charge >= 0.3 is 5.97 Å². The van der Waals surface area contributed by atoms with E-state index in [-0.39, 0.29) is 23.2 Å². The Balaban J connectivity index is 1.56. The van der Waals surface area contributed by atoms with Crippen LogP contribution in [-0.2, 0) is 17.6 Å². The van der Waals surface area contributed by atoms with Crippen molar-refractivity contribution in [1.29, 1.82) is 0 Å². The Hall–Kier alpha value is -2.43. The largest absolute Gasteiger partial charge is 0.478 e. The first-order chi connectivity index (χ1) is 13.9. The van der Waals surface area contributed by atoms with Gasteiger partial charge in [-0.1, -0.05) is 48.0 Å². The average molecular weight is 413 g/mol. The van der Waals surface area contributed by atoms with Crippen molar-refractivity contribution in [3.63, 3.8) is 0 Å². The molecule has 29 heavy (non-hydrogen) atoms. The molecule has 0 saturated heterocycles. The number of hydrogen-bond donors (Lipinski definition) is 2. The first-order valence-corrected chi connectivity index (χ1v) is 10.3. The predicted octanol–water partition coefficient (Wildman–Crippen LogP) is 4.73. The highest BCUT2D eigenvalue weighted by Gasteiger charge is 2.32. The lowest BCUT2D eigenvalue weighted by Gasteiger charge is -2.16. The summed E-state index contributed by atoms with van der Waals surface area (Å²) in [5, 5.41) is 20.0. The molecule has 0 aliphatic heterocycles. The third kappa shape index (κ3) is 6.02. The highest BCUT2D eigenvalue weighted by atomic mass is 35.5. The number of aliphatic hydroxyl groups is 1. The maximum absolute atomic E-state index is 12.3. The molecule has 0 amide bonds. The number of benzene rings is 2. The number of allylic oxidation sites excluding steroid dienone is 1. The Kier molecular flexibility index (Phi) is 7.24. The number of Topliss-reactive ketones (excluding diaryl/α,β-unsaturated/α-hetero) is 1. The second-order valence-corrected chi connectivity index (χ2v) is 8.04. The molecule has 1 aliphatic carbocycles. The highest BCUT2D eigenvalue weighted by molar-refractivity contribution is 6.30. The van der Waals surface area contributed by atoms with Crippen LogP contribution in [0.2, 0.25) is 5.02 Å². The fourth-order valence-corrected chi connectivity index (χ4v) is 4.13. The fourth-order valence-electron chi connectivity index (χ4n) is 3.92. The maximum Gasteiger partial charge on any atom is 0.335 e. The third-order valence-corrected chi connectivity index (χ3v) is 5.75. The number of carboxylic acid groups (broad SMARTS) is 1. The molecule has 0 spiro atoms. The van der Waals surface area contributed by atoms with Crippen LogP contribution in [0.1, 0.15) is 40.7 Å². The van der Waals surface area contributed by atoms with E-state index in [1.54, 1.807) is 24.3 Å². The van der Waals surface area contributed by atoms with Crippen LogP contribution >= 0.6 is 11.6 Å². The van der Waals surface area contributed by atoms with Gasteiger partial charge in [0.15, 0.2) is 0 Å². The van der Waals surface area contributed by atoms with Gasteiger partial charge in [-0.3, -0.25) is 4.79 Å². The Morgan fingerprint density at radius 3 is 2.62 bits per heavy atom. The lowest BCUT2D eigenvalue weighted by atomic mass is 9.88. The molecule has 0 radical (unpaired) electrons. The molecule has 1 aliphatic rings. The van der Waals surface area contributed by atoms with Crippen LogP contribution in [-0.4, -0.2) is 28.1 Å². The van der Waals surface area contributed by atoms with Crippen LogP contribution in [0.4, 0.5) is 0 Å². The summed E-state index contributed by atoms with van der Waals surface area (Å²) >= 11 is 5.99. The lowest BCUT2D eigenvalue weighted by molar-refractivity contribution is -0.121. The molecular formula is C24H25ClO4. The molecule has 3 atom stereocenters. The number of carboxylic acids is 1. The molecule has 5 heteroatoms. The van der Waals surface area contributed by atoms with Crippen LogP contribution < -0.4 is 0 Å². The maximum atomic E-state index is 12.3. The lowest BCUT2D eigenvalue weighted by Crippen LogP contribution is -2.15. The van der Waals surface area contributed by atoms with Gasteiger partial charge in [-0.05, 0) is 60.6 Å². The topological polar surface area (TPSA) is 74.6 Å². The monoisotopic (exact) mass is 412 g/mol. The molecule has 1 saturated carbocycles. The van der Waals surface area contributed by atoms with Gasteiger partial charge in [-0.15, -0.1) is 0 Å². The van der Waals surface area contributed by atoms with Gasteiger partial charge in [0.25, 0.3) is 0 Å². The summed E-state index contributed by atoms with van der Waals surface area (Å²) in [7, 11) is 0. The first kappa shape index (κ1) is 21.3. The van der Waals surface area contributed by atoms with Crippen molar-refractivity contribution in [2.45, 2.75) is 38.2 Å². The predicted molar refractivity (Wildman–Crippen MR) is 113 cm³/mol. The van der Waals surface area contributed by atoms with Gasteiger partial charge in [0.2, 0.25) is 0 Å². The first-order valence-electron chi connectivity index (χ1n) is 9.88. The summed E-state index contributed by atoms with van der Waals surface area (Å²) in [4.78, 5) is 23.3. The SMILES string of the molecule is O=C(O)c1ccc(CC[C@H]2C(=O)CC[C@@H]2/C=C/C(O)Cc2cccc(Cl)c2)cc1. The second-order valence-electron chi connectivity index (χ2n) is 7.60. The van der Waals surface area contributed by atoms with E-state index in [0.717, 1.165) is 30.4 Å². The van der Waals surface area contributed by atoms with Crippen LogP contribution in [0.25, 0.3) is 0 Å². The van der Waals surface area contributed by atoms with E-state index in [0.29, 0.717) is 17.9 Å². The Bertz CT molecular complexity index is 888. The molecule has 0 aromatic heterocycles. The number of rotatable bonds is 8. The summed E-state index contributed by atoms with van der Waals surface area (Å²) in [5.41, 5.74) is 2.26. The standard InChI is InChI=1S/C24H25ClO4/c25-20-3-1-2-17(14-20)15-21(26)11-9-18-10-13-23(27)22(18)12-6-16-4-7-19(8-5-16)24(28)29/h1-5,7-9,11,14,18,21-22,26H,6,10,12-13,15H2,(H,28,29)/b11-9+/t18-,21?,22+/m0/s1. The second kappa shape index (κ2) is 9.86. The van der Waals surface area contributed by atoms with Gasteiger partial charge in [-0.25, -0.2) is 4.79 Å². The zero-order valence-electron chi connectivity index (χ0n) is 16.1. The Morgan fingerprint density at radius 1 is 1.17 bits per heavy atom. The number of aromatic carboxylic acids is 1. The van der Waals surface area contributed by atoms with Crippen molar-refractivity contribution in [2.75, 3.05) is 0 Å². The fraction of sp³-hybridized carbons (Fsp3) is 0.333. The van der Waals surface area contributed by atoms with Gasteiger partial charge < -0.3 is 10.2 Å². The summed E-state index contributed by atoms with van der Waals surface area (Å²) in [6.45, 7) is 0. The van der Waals surface area contributed by atoms with Crippen LogP contribution in [0, 0.1) is 11.8 Å². The Morgan fingerprint density at radius 2 is 1.93 bits per heavy atom. The summed E-state index contributed by atoms with van der Waals surface area (Å²) in [6.07, 6.45) is 6.48. The number of hydrogen-bond acceptors (Lipinski definition) is 3. The van der Waals surface area contributed by atoms with Gasteiger partial charge in [-0.2, -0.15) is 0 Å². The van der Waals surface area contributed by atoms with Crippen molar-refractivity contribution in [1.82, 2.24) is 0 Å². The van der Waals surface area contributed by atoms with Crippen molar-refractivity contribution < 1.29 is 19.8 Å². The molecule has 1 fully saturated rings. The molecule has 0 heterocycles. The van der Waals surface area contributed by atoms with Crippen LogP contribution in [0.3, 0.4) is 0 Å². The number of ketones is 1. The average Bonchev–Trinajstić information content (AvgIpc) is 3.04. The molecule has 4 nitrogen and oxygen atoms in total. The summed E-state index contributed by atoms with van der Waals surface area (Å²) < 4.78 is 0. The van der Waals surface area contributed by atoms with Gasteiger partial charge in [0, 0.05) is 23.8 Å². The summed E-state index contributed by atoms with van der Waals surface area (Å²) in [5.74, 6) is -0.589. The van der Waals surface area contributed by atoms with Crippen LogP contribution in [0.15, 0.2) is 60.7 Å². The van der Waals surface area contributed by atoms with E-state index >= 15 is 0 Å². The van der Waals surface area contributed by atoms with E-state index < -0.39 is 12.1 Å². The number of carbonyl (C=O) groups is 2. The zero-order valence-corrected chi connectivity index (χ0v) is 16.9. The normalized spacial score (nSPS) is 20.3. The van der Waals surface area contributed by atoms with E-state index in [4.69, 9.17) is 16.7 Å². The van der Waals surface area contributed by atoms with E-state index in [2.05, 4.69) is 0 Å². The smallest absolute Gasteiger partial charge is 0.335 e. The van der Waals surface area contributed by atoms with Gasteiger partial charge in [0.1, 0.15) is 5.78 Å². The van der Waals surface area contributed by atoms with Crippen molar-refractivity contribution in [3.8, 4) is 0 Å². The molecule has 3 rings (SSSR count). The highest BCUT2D eigenvalue weighted by Crippen LogP contribution is 2.33. The van der Waals surface area contributed by atoms with Crippen molar-refractivity contribution in [2.24, 2.45) is 11.8 Å². The zero-order chi connectivity index (χ0) is 20.8. The minimum Gasteiger partial charge on any atom is -0.478 e. The number of aryl methyl sites for hydroxylation is 1.